The summed E-state index contributed by atoms with van der Waals surface area (Å²) >= 11 is 0. The van der Waals surface area contributed by atoms with Crippen LogP contribution >= 0.6 is 0 Å². The van der Waals surface area contributed by atoms with Crippen LogP contribution < -0.4 is 0 Å². The standard InChI is InChI=1S/C54H94O6/c1-4-7-10-13-16-19-22-25-26-27-28-29-30-33-35-38-41-44-47-53(56)59-50-51(60-54(57)48-45-42-39-36-32-24-21-18-15-12-9-6-3)49-58-52(55)46-43-40-37-34-31-23-20-17-14-11-8-5-2/h9,12,17-18,20-21,26-29,51H,4-8,10-11,13-16,19,22-25,30-50H2,1-3H3/b12-9-,20-17-,21-18-,27-26-,29-28-. The van der Waals surface area contributed by atoms with Crippen molar-refractivity contribution in [2.45, 2.75) is 252 Å². The van der Waals surface area contributed by atoms with Gasteiger partial charge in [0.05, 0.1) is 0 Å². The maximum absolute atomic E-state index is 12.7. The molecule has 0 saturated carbocycles. The van der Waals surface area contributed by atoms with Gasteiger partial charge in [0.2, 0.25) is 0 Å². The van der Waals surface area contributed by atoms with E-state index in [1.807, 2.05) is 0 Å². The topological polar surface area (TPSA) is 78.9 Å². The zero-order chi connectivity index (χ0) is 43.7. The molecule has 0 heterocycles. The monoisotopic (exact) mass is 839 g/mol. The summed E-state index contributed by atoms with van der Waals surface area (Å²) in [5, 5.41) is 0. The van der Waals surface area contributed by atoms with E-state index in [0.29, 0.717) is 19.3 Å². The SMILES string of the molecule is CC/C=C\C/C=C\CCCCCCCC(=O)OC(COC(=O)CCCCCCC/C=C\C=C/CCCCCCCCC)COC(=O)CCCCCCC/C=C\CCCCC. The highest BCUT2D eigenvalue weighted by Crippen LogP contribution is 2.14. The van der Waals surface area contributed by atoms with Gasteiger partial charge in [-0.3, -0.25) is 14.4 Å². The van der Waals surface area contributed by atoms with Crippen LogP contribution in [-0.4, -0.2) is 37.2 Å². The molecule has 0 aliphatic rings. The first-order valence-corrected chi connectivity index (χ1v) is 25.3. The van der Waals surface area contributed by atoms with Crippen LogP contribution in [0.3, 0.4) is 0 Å². The van der Waals surface area contributed by atoms with E-state index in [9.17, 15) is 14.4 Å². The first kappa shape index (κ1) is 57.1. The van der Waals surface area contributed by atoms with Crippen molar-refractivity contribution in [2.75, 3.05) is 13.2 Å². The molecule has 1 unspecified atom stereocenters. The molecule has 1 atom stereocenters. The maximum atomic E-state index is 12.7. The minimum absolute atomic E-state index is 0.0897. The number of carbonyl (C=O) groups is 3. The first-order chi connectivity index (χ1) is 29.5. The van der Waals surface area contributed by atoms with Gasteiger partial charge in [0.1, 0.15) is 13.2 Å². The average molecular weight is 839 g/mol. The van der Waals surface area contributed by atoms with Crippen molar-refractivity contribution in [2.24, 2.45) is 0 Å². The quantitative estimate of drug-likeness (QED) is 0.0200. The molecule has 0 aliphatic heterocycles. The second-order valence-electron chi connectivity index (χ2n) is 16.7. The molecule has 0 aromatic rings. The lowest BCUT2D eigenvalue weighted by Crippen LogP contribution is -2.30. The van der Waals surface area contributed by atoms with E-state index in [1.54, 1.807) is 0 Å². The summed E-state index contributed by atoms with van der Waals surface area (Å²) in [5.41, 5.74) is 0. The molecule has 0 spiro atoms. The molecule has 0 saturated heterocycles. The fraction of sp³-hybridized carbons (Fsp3) is 0.759. The normalized spacial score (nSPS) is 12.5. The van der Waals surface area contributed by atoms with E-state index in [1.165, 1.54) is 89.9 Å². The minimum Gasteiger partial charge on any atom is -0.462 e. The van der Waals surface area contributed by atoms with E-state index in [-0.39, 0.29) is 31.1 Å². The molecule has 0 aromatic heterocycles. The highest BCUT2D eigenvalue weighted by Gasteiger charge is 2.19. The third-order valence-electron chi connectivity index (χ3n) is 10.8. The summed E-state index contributed by atoms with van der Waals surface area (Å²) in [6.07, 6.45) is 59.2. The third kappa shape index (κ3) is 46.2. The van der Waals surface area contributed by atoms with Crippen LogP contribution in [0.15, 0.2) is 60.8 Å². The molecular formula is C54H94O6. The van der Waals surface area contributed by atoms with E-state index in [2.05, 4.69) is 81.5 Å². The first-order valence-electron chi connectivity index (χ1n) is 25.3. The molecule has 0 radical (unpaired) electrons. The lowest BCUT2D eigenvalue weighted by Gasteiger charge is -2.18. The smallest absolute Gasteiger partial charge is 0.306 e. The van der Waals surface area contributed by atoms with Crippen molar-refractivity contribution in [3.8, 4) is 0 Å². The highest BCUT2D eigenvalue weighted by atomic mass is 16.6. The molecule has 6 nitrogen and oxygen atoms in total. The molecule has 60 heavy (non-hydrogen) atoms. The van der Waals surface area contributed by atoms with Crippen LogP contribution in [0.5, 0.6) is 0 Å². The van der Waals surface area contributed by atoms with Gasteiger partial charge in [-0.25, -0.2) is 0 Å². The predicted octanol–water partition coefficient (Wildman–Crippen LogP) is 16.5. The second kappa shape index (κ2) is 48.8. The number of carbonyl (C=O) groups excluding carboxylic acids is 3. The van der Waals surface area contributed by atoms with Crippen LogP contribution in [0, 0.1) is 0 Å². The van der Waals surface area contributed by atoms with Crippen LogP contribution in [0.2, 0.25) is 0 Å². The van der Waals surface area contributed by atoms with Crippen LogP contribution in [0.25, 0.3) is 0 Å². The van der Waals surface area contributed by atoms with Gasteiger partial charge in [-0.05, 0) is 96.3 Å². The number of unbranched alkanes of at least 4 members (excludes halogenated alkanes) is 25. The predicted molar refractivity (Wildman–Crippen MR) is 256 cm³/mol. The van der Waals surface area contributed by atoms with Gasteiger partial charge < -0.3 is 14.2 Å². The summed E-state index contributed by atoms with van der Waals surface area (Å²) in [6, 6.07) is 0. The zero-order valence-electron chi connectivity index (χ0n) is 39.5. The molecule has 0 N–H and O–H groups in total. The van der Waals surface area contributed by atoms with Gasteiger partial charge >= 0.3 is 17.9 Å². The Kier molecular flexibility index (Phi) is 46.4. The van der Waals surface area contributed by atoms with Crippen LogP contribution in [-0.2, 0) is 28.6 Å². The number of allylic oxidation sites excluding steroid dienone is 10. The Morgan fingerprint density at radius 3 is 1.15 bits per heavy atom. The Hall–Kier alpha value is -2.89. The molecule has 0 aromatic carbocycles. The summed E-state index contributed by atoms with van der Waals surface area (Å²) in [5.74, 6) is -0.927. The summed E-state index contributed by atoms with van der Waals surface area (Å²) in [6.45, 7) is 6.47. The van der Waals surface area contributed by atoms with Crippen LogP contribution in [0.4, 0.5) is 0 Å². The Balaban J connectivity index is 4.39. The molecular weight excluding hydrogens is 745 g/mol. The number of hydrogen-bond donors (Lipinski definition) is 0. The van der Waals surface area contributed by atoms with E-state index < -0.39 is 6.10 Å². The Morgan fingerprint density at radius 2 is 0.700 bits per heavy atom. The fourth-order valence-corrected chi connectivity index (χ4v) is 6.93. The van der Waals surface area contributed by atoms with Crippen LogP contribution in [0.1, 0.15) is 245 Å². The Bertz CT molecular complexity index is 1100. The minimum atomic E-state index is -0.789. The van der Waals surface area contributed by atoms with E-state index in [0.717, 1.165) is 116 Å². The van der Waals surface area contributed by atoms with Crippen molar-refractivity contribution in [1.82, 2.24) is 0 Å². The van der Waals surface area contributed by atoms with Crippen molar-refractivity contribution in [3.63, 3.8) is 0 Å². The summed E-state index contributed by atoms with van der Waals surface area (Å²) < 4.78 is 16.7. The Morgan fingerprint density at radius 1 is 0.367 bits per heavy atom. The Labute approximate surface area is 370 Å². The summed E-state index contributed by atoms with van der Waals surface area (Å²) in [7, 11) is 0. The zero-order valence-corrected chi connectivity index (χ0v) is 39.5. The van der Waals surface area contributed by atoms with Gasteiger partial charge in [0.15, 0.2) is 6.10 Å². The number of esters is 3. The molecule has 0 amide bonds. The number of hydrogen-bond acceptors (Lipinski definition) is 6. The molecule has 6 heteroatoms. The van der Waals surface area contributed by atoms with Crippen molar-refractivity contribution >= 4 is 17.9 Å². The second-order valence-corrected chi connectivity index (χ2v) is 16.7. The fourth-order valence-electron chi connectivity index (χ4n) is 6.93. The highest BCUT2D eigenvalue weighted by molar-refractivity contribution is 5.71. The van der Waals surface area contributed by atoms with Crippen molar-refractivity contribution in [1.29, 1.82) is 0 Å². The van der Waals surface area contributed by atoms with E-state index >= 15 is 0 Å². The lowest BCUT2D eigenvalue weighted by molar-refractivity contribution is -0.167. The maximum Gasteiger partial charge on any atom is 0.306 e. The van der Waals surface area contributed by atoms with Gasteiger partial charge in [0.25, 0.3) is 0 Å². The number of ether oxygens (including phenoxy) is 3. The molecule has 0 fully saturated rings. The largest absolute Gasteiger partial charge is 0.462 e. The summed E-state index contributed by atoms with van der Waals surface area (Å²) in [4.78, 5) is 37.9. The third-order valence-corrected chi connectivity index (χ3v) is 10.8. The molecule has 346 valence electrons. The molecule has 0 rings (SSSR count). The van der Waals surface area contributed by atoms with Gasteiger partial charge in [-0.1, -0.05) is 191 Å². The van der Waals surface area contributed by atoms with Gasteiger partial charge in [-0.2, -0.15) is 0 Å². The molecule has 0 aliphatic carbocycles. The number of rotatable bonds is 45. The molecule has 0 bridgehead atoms. The lowest BCUT2D eigenvalue weighted by atomic mass is 10.1. The van der Waals surface area contributed by atoms with Crippen molar-refractivity contribution < 1.29 is 28.6 Å². The van der Waals surface area contributed by atoms with Gasteiger partial charge in [-0.15, -0.1) is 0 Å². The van der Waals surface area contributed by atoms with Crippen molar-refractivity contribution in [3.05, 3.63) is 60.8 Å². The van der Waals surface area contributed by atoms with E-state index in [4.69, 9.17) is 14.2 Å². The van der Waals surface area contributed by atoms with Gasteiger partial charge in [0, 0.05) is 19.3 Å². The average Bonchev–Trinajstić information content (AvgIpc) is 3.24.